The summed E-state index contributed by atoms with van der Waals surface area (Å²) in [5.41, 5.74) is 1.58. The maximum absolute atomic E-state index is 12.4. The summed E-state index contributed by atoms with van der Waals surface area (Å²) in [6.45, 7) is 9.69. The maximum atomic E-state index is 12.4. The fourth-order valence-corrected chi connectivity index (χ4v) is 3.25. The smallest absolute Gasteiger partial charge is 0.244 e. The Kier molecular flexibility index (Phi) is 6.01. The number of sulfonamides is 1. The molecule has 1 atom stereocenters. The van der Waals surface area contributed by atoms with E-state index in [2.05, 4.69) is 4.72 Å². The van der Waals surface area contributed by atoms with Crippen molar-refractivity contribution in [3.63, 3.8) is 0 Å². The zero-order valence-electron chi connectivity index (χ0n) is 14.2. The Hall–Kier alpha value is -1.11. The number of hydrogen-bond acceptors (Lipinski definition) is 4. The highest BCUT2D eigenvalue weighted by Gasteiger charge is 2.24. The zero-order valence-corrected chi connectivity index (χ0v) is 15.0. The average Bonchev–Trinajstić information content (AvgIpc) is 2.39. The normalized spacial score (nSPS) is 14.0. The van der Waals surface area contributed by atoms with Gasteiger partial charge in [0.1, 0.15) is 10.6 Å². The summed E-state index contributed by atoms with van der Waals surface area (Å²) >= 11 is 0. The lowest BCUT2D eigenvalue weighted by atomic mass is 9.87. The Labute approximate surface area is 133 Å². The highest BCUT2D eigenvalue weighted by molar-refractivity contribution is 7.89. The third-order valence-electron chi connectivity index (χ3n) is 3.78. The Morgan fingerprint density at radius 1 is 1.23 bits per heavy atom. The van der Waals surface area contributed by atoms with Gasteiger partial charge in [-0.1, -0.05) is 20.8 Å². The Balaban J connectivity index is 2.90. The Morgan fingerprint density at radius 3 is 2.27 bits per heavy atom. The van der Waals surface area contributed by atoms with Gasteiger partial charge in [-0.25, -0.2) is 13.1 Å². The van der Waals surface area contributed by atoms with Gasteiger partial charge in [-0.2, -0.15) is 0 Å². The molecule has 22 heavy (non-hydrogen) atoms. The van der Waals surface area contributed by atoms with E-state index < -0.39 is 16.1 Å². The van der Waals surface area contributed by atoms with Crippen LogP contribution >= 0.6 is 0 Å². The summed E-state index contributed by atoms with van der Waals surface area (Å²) in [7, 11) is -2.22. The van der Waals surface area contributed by atoms with Crippen LogP contribution in [-0.2, 0) is 10.0 Å². The van der Waals surface area contributed by atoms with Crippen molar-refractivity contribution in [2.45, 2.75) is 52.0 Å². The molecule has 0 aliphatic heterocycles. The average molecular weight is 329 g/mol. The van der Waals surface area contributed by atoms with Crippen LogP contribution in [0.5, 0.6) is 5.75 Å². The third kappa shape index (κ3) is 4.69. The lowest BCUT2D eigenvalue weighted by molar-refractivity contribution is 0.0571. The molecule has 0 spiro atoms. The van der Waals surface area contributed by atoms with E-state index >= 15 is 0 Å². The number of aliphatic hydroxyl groups excluding tert-OH is 1. The van der Waals surface area contributed by atoms with E-state index in [0.717, 1.165) is 11.1 Å². The molecule has 0 amide bonds. The number of hydrogen-bond donors (Lipinski definition) is 2. The first kappa shape index (κ1) is 18.9. The first-order valence-corrected chi connectivity index (χ1v) is 8.80. The molecule has 0 heterocycles. The van der Waals surface area contributed by atoms with Crippen molar-refractivity contribution in [1.82, 2.24) is 4.72 Å². The minimum Gasteiger partial charge on any atom is -0.495 e. The van der Waals surface area contributed by atoms with Gasteiger partial charge in [-0.3, -0.25) is 0 Å². The first-order valence-electron chi connectivity index (χ1n) is 7.32. The van der Waals surface area contributed by atoms with Crippen molar-refractivity contribution in [3.8, 4) is 5.75 Å². The predicted molar refractivity (Wildman–Crippen MR) is 87.7 cm³/mol. The summed E-state index contributed by atoms with van der Waals surface area (Å²) in [6, 6.07) is 3.32. The van der Waals surface area contributed by atoms with E-state index in [1.165, 1.54) is 7.11 Å². The minimum atomic E-state index is -3.67. The van der Waals surface area contributed by atoms with E-state index in [1.807, 2.05) is 34.6 Å². The van der Waals surface area contributed by atoms with Crippen molar-refractivity contribution < 1.29 is 18.3 Å². The minimum absolute atomic E-state index is 0.128. The number of ether oxygens (including phenoxy) is 1. The molecule has 0 fully saturated rings. The van der Waals surface area contributed by atoms with Crippen LogP contribution in [0.25, 0.3) is 0 Å². The van der Waals surface area contributed by atoms with Crippen LogP contribution in [0, 0.1) is 19.3 Å². The molecular formula is C16H27NO4S. The van der Waals surface area contributed by atoms with Crippen molar-refractivity contribution in [1.29, 1.82) is 0 Å². The van der Waals surface area contributed by atoms with Gasteiger partial charge in [0, 0.05) is 6.54 Å². The van der Waals surface area contributed by atoms with Gasteiger partial charge in [0.05, 0.1) is 13.2 Å². The lowest BCUT2D eigenvalue weighted by Gasteiger charge is -2.25. The quantitative estimate of drug-likeness (QED) is 0.840. The highest BCUT2D eigenvalue weighted by Crippen LogP contribution is 2.27. The maximum Gasteiger partial charge on any atom is 0.244 e. The largest absolute Gasteiger partial charge is 0.495 e. The molecule has 0 aliphatic carbocycles. The molecule has 1 aromatic rings. The number of aliphatic hydroxyl groups is 1. The van der Waals surface area contributed by atoms with E-state index in [-0.39, 0.29) is 16.9 Å². The number of nitrogens with one attached hydrogen (secondary N) is 1. The van der Waals surface area contributed by atoms with Crippen molar-refractivity contribution >= 4 is 10.0 Å². The van der Waals surface area contributed by atoms with Gasteiger partial charge < -0.3 is 9.84 Å². The lowest BCUT2D eigenvalue weighted by Crippen LogP contribution is -2.32. The number of aryl methyl sites for hydroxylation is 2. The molecule has 0 aromatic heterocycles. The summed E-state index contributed by atoms with van der Waals surface area (Å²) in [5, 5.41) is 9.97. The molecule has 1 aromatic carbocycles. The zero-order chi connectivity index (χ0) is 17.1. The van der Waals surface area contributed by atoms with Crippen LogP contribution in [0.4, 0.5) is 0 Å². The molecule has 0 aliphatic rings. The van der Waals surface area contributed by atoms with Crippen LogP contribution in [0.3, 0.4) is 0 Å². The molecule has 5 nitrogen and oxygen atoms in total. The van der Waals surface area contributed by atoms with Crippen molar-refractivity contribution in [2.24, 2.45) is 5.41 Å². The summed E-state index contributed by atoms with van der Waals surface area (Å²) in [6.07, 6.45) is -0.215. The van der Waals surface area contributed by atoms with E-state index in [0.29, 0.717) is 12.2 Å². The monoisotopic (exact) mass is 329 g/mol. The molecule has 1 rings (SSSR count). The van der Waals surface area contributed by atoms with Crippen LogP contribution in [0.2, 0.25) is 0 Å². The summed E-state index contributed by atoms with van der Waals surface area (Å²) in [4.78, 5) is 0.128. The van der Waals surface area contributed by atoms with E-state index in [1.54, 1.807) is 12.1 Å². The summed E-state index contributed by atoms with van der Waals surface area (Å²) in [5.74, 6) is 0.326. The molecule has 0 unspecified atom stereocenters. The van der Waals surface area contributed by atoms with Crippen LogP contribution in [0.1, 0.15) is 38.3 Å². The molecule has 2 N–H and O–H groups in total. The second kappa shape index (κ2) is 6.98. The van der Waals surface area contributed by atoms with Crippen molar-refractivity contribution in [2.75, 3.05) is 13.7 Å². The van der Waals surface area contributed by atoms with Gasteiger partial charge in [-0.05, 0) is 48.9 Å². The van der Waals surface area contributed by atoms with Gasteiger partial charge in [0.15, 0.2) is 0 Å². The van der Waals surface area contributed by atoms with E-state index in [4.69, 9.17) is 4.74 Å². The van der Waals surface area contributed by atoms with E-state index in [9.17, 15) is 13.5 Å². The fourth-order valence-electron chi connectivity index (χ4n) is 1.97. The number of benzene rings is 1. The number of methoxy groups -OCH3 is 1. The Morgan fingerprint density at radius 2 is 1.77 bits per heavy atom. The Bertz CT molecular complexity index is 618. The van der Waals surface area contributed by atoms with Crippen LogP contribution < -0.4 is 9.46 Å². The van der Waals surface area contributed by atoms with Gasteiger partial charge in [0.25, 0.3) is 0 Å². The molecule has 0 saturated carbocycles. The second-order valence-electron chi connectivity index (χ2n) is 6.66. The molecule has 126 valence electrons. The molecule has 6 heteroatoms. The summed E-state index contributed by atoms with van der Waals surface area (Å²) < 4.78 is 32.6. The van der Waals surface area contributed by atoms with Crippen LogP contribution in [-0.4, -0.2) is 33.3 Å². The standard InChI is InChI=1S/C16H27NO4S/c1-11-9-13(21-6)14(10-12(11)2)22(19,20)17-8-7-15(18)16(3,4)5/h9-10,15,17-18H,7-8H2,1-6H3/t15-/m1/s1. The molecule has 0 radical (unpaired) electrons. The van der Waals surface area contributed by atoms with Gasteiger partial charge >= 0.3 is 0 Å². The third-order valence-corrected chi connectivity index (χ3v) is 5.26. The predicted octanol–water partition coefficient (Wildman–Crippen LogP) is 2.39. The molecule has 0 saturated heterocycles. The van der Waals surface area contributed by atoms with Crippen molar-refractivity contribution in [3.05, 3.63) is 23.3 Å². The second-order valence-corrected chi connectivity index (χ2v) is 8.39. The van der Waals surface area contributed by atoms with Gasteiger partial charge in [0.2, 0.25) is 10.0 Å². The SMILES string of the molecule is COc1cc(C)c(C)cc1S(=O)(=O)NCC[C@@H](O)C(C)(C)C. The fraction of sp³-hybridized carbons (Fsp3) is 0.625. The highest BCUT2D eigenvalue weighted by atomic mass is 32.2. The first-order chi connectivity index (χ1) is 9.99. The molecular weight excluding hydrogens is 302 g/mol. The number of rotatable bonds is 6. The molecule has 0 bridgehead atoms. The van der Waals surface area contributed by atoms with Crippen LogP contribution in [0.15, 0.2) is 17.0 Å². The topological polar surface area (TPSA) is 75.6 Å². The van der Waals surface area contributed by atoms with Gasteiger partial charge in [-0.15, -0.1) is 0 Å².